The number of ether oxygens (including phenoxy) is 1. The van der Waals surface area contributed by atoms with Crippen molar-refractivity contribution < 1.29 is 19.4 Å². The van der Waals surface area contributed by atoms with Gasteiger partial charge in [0.05, 0.1) is 18.1 Å². The first-order valence-electron chi connectivity index (χ1n) is 6.69. The molecule has 0 spiro atoms. The molecule has 1 heterocycles. The van der Waals surface area contributed by atoms with Gasteiger partial charge in [0.15, 0.2) is 0 Å². The number of amides is 2. The van der Waals surface area contributed by atoms with Crippen molar-refractivity contribution in [3.63, 3.8) is 0 Å². The number of nitrogens with zero attached hydrogens (tertiary/aromatic N) is 1. The predicted molar refractivity (Wildman–Crippen MR) is 70.9 cm³/mol. The fourth-order valence-electron chi connectivity index (χ4n) is 2.31. The summed E-state index contributed by atoms with van der Waals surface area (Å²) < 4.78 is 5.42. The normalized spacial score (nSPS) is 24.3. The number of urea groups is 1. The van der Waals surface area contributed by atoms with E-state index in [0.29, 0.717) is 6.61 Å². The summed E-state index contributed by atoms with van der Waals surface area (Å²) in [7, 11) is 1.72. The zero-order valence-corrected chi connectivity index (χ0v) is 12.0. The van der Waals surface area contributed by atoms with Crippen LogP contribution in [0.25, 0.3) is 0 Å². The van der Waals surface area contributed by atoms with Crippen LogP contribution in [0.2, 0.25) is 0 Å². The zero-order valence-electron chi connectivity index (χ0n) is 12.0. The standard InChI is InChI=1S/C13H24N2O4/c1-8(2)10(12(16)17)7-14-13(18)15(4)11-5-6-19-9(11)3/h8-11H,5-7H2,1-4H3,(H,14,18)(H,16,17). The maximum absolute atomic E-state index is 12.0. The fraction of sp³-hybridized carbons (Fsp3) is 0.846. The Bertz CT molecular complexity index is 333. The second-order valence-corrected chi connectivity index (χ2v) is 5.42. The van der Waals surface area contributed by atoms with Crippen LogP contribution >= 0.6 is 0 Å². The van der Waals surface area contributed by atoms with E-state index in [4.69, 9.17) is 9.84 Å². The highest BCUT2D eigenvalue weighted by atomic mass is 16.5. The molecule has 6 heteroatoms. The number of carbonyl (C=O) groups excluding carboxylic acids is 1. The van der Waals surface area contributed by atoms with Gasteiger partial charge in [0.25, 0.3) is 0 Å². The third-order valence-electron chi connectivity index (χ3n) is 3.75. The minimum Gasteiger partial charge on any atom is -0.481 e. The Hall–Kier alpha value is -1.30. The predicted octanol–water partition coefficient (Wildman–Crippen LogP) is 1.16. The topological polar surface area (TPSA) is 78.9 Å². The first-order valence-corrected chi connectivity index (χ1v) is 6.69. The molecule has 0 saturated carbocycles. The highest BCUT2D eigenvalue weighted by Gasteiger charge is 2.31. The summed E-state index contributed by atoms with van der Waals surface area (Å²) in [5.74, 6) is -1.46. The zero-order chi connectivity index (χ0) is 14.6. The third-order valence-corrected chi connectivity index (χ3v) is 3.75. The summed E-state index contributed by atoms with van der Waals surface area (Å²) in [6, 6.07) is -0.184. The van der Waals surface area contributed by atoms with E-state index in [0.717, 1.165) is 6.42 Å². The highest BCUT2D eigenvalue weighted by Crippen LogP contribution is 2.18. The molecule has 19 heavy (non-hydrogen) atoms. The molecule has 0 aromatic carbocycles. The van der Waals surface area contributed by atoms with Crippen LogP contribution in [0.1, 0.15) is 27.2 Å². The van der Waals surface area contributed by atoms with Crippen LogP contribution in [-0.4, -0.2) is 54.4 Å². The molecular weight excluding hydrogens is 248 g/mol. The van der Waals surface area contributed by atoms with Crippen LogP contribution in [0.3, 0.4) is 0 Å². The van der Waals surface area contributed by atoms with Crippen molar-refractivity contribution >= 4 is 12.0 Å². The van der Waals surface area contributed by atoms with E-state index in [2.05, 4.69) is 5.32 Å². The van der Waals surface area contributed by atoms with Gasteiger partial charge < -0.3 is 20.1 Å². The van der Waals surface area contributed by atoms with Crippen molar-refractivity contribution in [1.29, 1.82) is 0 Å². The van der Waals surface area contributed by atoms with Gasteiger partial charge in [-0.05, 0) is 19.3 Å². The number of likely N-dealkylation sites (N-methyl/N-ethyl adjacent to an activating group) is 1. The summed E-state index contributed by atoms with van der Waals surface area (Å²) in [5.41, 5.74) is 0. The second-order valence-electron chi connectivity index (χ2n) is 5.42. The number of hydrogen-bond acceptors (Lipinski definition) is 3. The van der Waals surface area contributed by atoms with Crippen molar-refractivity contribution in [3.8, 4) is 0 Å². The first kappa shape index (κ1) is 15.8. The minimum absolute atomic E-state index is 0.0168. The monoisotopic (exact) mass is 272 g/mol. The van der Waals surface area contributed by atoms with Crippen molar-refractivity contribution in [2.24, 2.45) is 11.8 Å². The number of carboxylic acids is 1. The molecule has 1 aliphatic rings. The lowest BCUT2D eigenvalue weighted by Gasteiger charge is -2.27. The molecule has 2 amide bonds. The van der Waals surface area contributed by atoms with E-state index in [1.807, 2.05) is 20.8 Å². The molecular formula is C13H24N2O4. The van der Waals surface area contributed by atoms with Gasteiger partial charge in [-0.25, -0.2) is 4.79 Å². The lowest BCUT2D eigenvalue weighted by Crippen LogP contribution is -2.48. The molecule has 1 aliphatic heterocycles. The van der Waals surface area contributed by atoms with E-state index >= 15 is 0 Å². The smallest absolute Gasteiger partial charge is 0.317 e. The van der Waals surface area contributed by atoms with Gasteiger partial charge in [0.1, 0.15) is 0 Å². The SMILES string of the molecule is CC(C)C(CNC(=O)N(C)C1CCOC1C)C(=O)O. The second kappa shape index (κ2) is 6.75. The minimum atomic E-state index is -0.879. The summed E-state index contributed by atoms with van der Waals surface area (Å²) in [4.78, 5) is 24.6. The van der Waals surface area contributed by atoms with Gasteiger partial charge in [-0.1, -0.05) is 13.8 Å². The number of carboxylic acid groups (broad SMARTS) is 1. The molecule has 110 valence electrons. The Kier molecular flexibility index (Phi) is 5.60. The van der Waals surface area contributed by atoms with Crippen LogP contribution in [0.5, 0.6) is 0 Å². The molecule has 1 saturated heterocycles. The van der Waals surface area contributed by atoms with Crippen LogP contribution in [0.4, 0.5) is 4.79 Å². The number of rotatable bonds is 5. The first-order chi connectivity index (χ1) is 8.84. The van der Waals surface area contributed by atoms with Crippen molar-refractivity contribution in [1.82, 2.24) is 10.2 Å². The molecule has 1 rings (SSSR count). The van der Waals surface area contributed by atoms with E-state index in [1.165, 1.54) is 0 Å². The molecule has 0 bridgehead atoms. The van der Waals surface area contributed by atoms with Crippen molar-refractivity contribution in [2.75, 3.05) is 20.2 Å². The van der Waals surface area contributed by atoms with Gasteiger partial charge in [-0.3, -0.25) is 4.79 Å². The molecule has 0 aromatic rings. The Labute approximate surface area is 114 Å². The van der Waals surface area contributed by atoms with E-state index in [-0.39, 0.29) is 30.6 Å². The molecule has 2 N–H and O–H groups in total. The molecule has 3 atom stereocenters. The summed E-state index contributed by atoms with van der Waals surface area (Å²) in [6.07, 6.45) is 0.841. The maximum atomic E-state index is 12.0. The molecule has 0 aromatic heterocycles. The fourth-order valence-corrected chi connectivity index (χ4v) is 2.31. The lowest BCUT2D eigenvalue weighted by molar-refractivity contribution is -0.142. The van der Waals surface area contributed by atoms with Gasteiger partial charge in [0.2, 0.25) is 0 Å². The van der Waals surface area contributed by atoms with E-state index in [1.54, 1.807) is 11.9 Å². The average Bonchev–Trinajstić information content (AvgIpc) is 2.73. The average molecular weight is 272 g/mol. The summed E-state index contributed by atoms with van der Waals surface area (Å²) in [6.45, 7) is 6.42. The van der Waals surface area contributed by atoms with E-state index < -0.39 is 11.9 Å². The number of hydrogen-bond donors (Lipinski definition) is 2. The summed E-state index contributed by atoms with van der Waals surface area (Å²) >= 11 is 0. The van der Waals surface area contributed by atoms with Crippen LogP contribution < -0.4 is 5.32 Å². The largest absolute Gasteiger partial charge is 0.481 e. The number of nitrogens with one attached hydrogen (secondary N) is 1. The van der Waals surface area contributed by atoms with Gasteiger partial charge in [-0.2, -0.15) is 0 Å². The molecule has 6 nitrogen and oxygen atoms in total. The quantitative estimate of drug-likeness (QED) is 0.787. The Morgan fingerprint density at radius 2 is 2.11 bits per heavy atom. The summed E-state index contributed by atoms with van der Waals surface area (Å²) in [5, 5.41) is 11.8. The number of carbonyl (C=O) groups is 2. The van der Waals surface area contributed by atoms with Crippen LogP contribution in [-0.2, 0) is 9.53 Å². The molecule has 0 aliphatic carbocycles. The van der Waals surface area contributed by atoms with Gasteiger partial charge in [-0.15, -0.1) is 0 Å². The van der Waals surface area contributed by atoms with Crippen LogP contribution in [0.15, 0.2) is 0 Å². The Balaban J connectivity index is 2.48. The molecule has 0 radical (unpaired) electrons. The molecule has 1 fully saturated rings. The van der Waals surface area contributed by atoms with Crippen molar-refractivity contribution in [3.05, 3.63) is 0 Å². The van der Waals surface area contributed by atoms with Crippen molar-refractivity contribution in [2.45, 2.75) is 39.3 Å². The molecule has 3 unspecified atom stereocenters. The Morgan fingerprint density at radius 1 is 1.47 bits per heavy atom. The lowest BCUT2D eigenvalue weighted by atomic mass is 9.96. The van der Waals surface area contributed by atoms with Gasteiger partial charge >= 0.3 is 12.0 Å². The number of aliphatic carboxylic acids is 1. The van der Waals surface area contributed by atoms with E-state index in [9.17, 15) is 9.59 Å². The maximum Gasteiger partial charge on any atom is 0.317 e. The van der Waals surface area contributed by atoms with Crippen LogP contribution in [0, 0.1) is 11.8 Å². The van der Waals surface area contributed by atoms with Gasteiger partial charge in [0, 0.05) is 20.2 Å². The highest BCUT2D eigenvalue weighted by molar-refractivity contribution is 5.76. The Morgan fingerprint density at radius 3 is 2.53 bits per heavy atom. The third kappa shape index (κ3) is 4.09.